The molecule has 3 heterocycles. The van der Waals surface area contributed by atoms with Crippen LogP contribution in [0.4, 0.5) is 4.79 Å². The highest BCUT2D eigenvalue weighted by Gasteiger charge is 2.36. The average Bonchev–Trinajstić information content (AvgIpc) is 3.46. The highest BCUT2D eigenvalue weighted by molar-refractivity contribution is 8.18. The van der Waals surface area contributed by atoms with Crippen LogP contribution in [-0.2, 0) is 11.3 Å². The van der Waals surface area contributed by atoms with Crippen molar-refractivity contribution in [2.45, 2.75) is 16.5 Å². The Balaban J connectivity index is 1.31. The molecule has 6 nitrogen and oxygen atoms in total. The molecule has 5 rings (SSSR count). The molecule has 2 aromatic carbocycles. The van der Waals surface area contributed by atoms with Crippen LogP contribution in [0.15, 0.2) is 67.8 Å². The van der Waals surface area contributed by atoms with Crippen LogP contribution in [0.25, 0.3) is 6.08 Å². The van der Waals surface area contributed by atoms with Crippen molar-refractivity contribution in [3.63, 3.8) is 0 Å². The molecule has 162 valence electrons. The van der Waals surface area contributed by atoms with Gasteiger partial charge < -0.3 is 13.9 Å². The van der Waals surface area contributed by atoms with E-state index >= 15 is 0 Å². The summed E-state index contributed by atoms with van der Waals surface area (Å²) >= 11 is 14.5. The van der Waals surface area contributed by atoms with Gasteiger partial charge in [-0.15, -0.1) is 0 Å². The van der Waals surface area contributed by atoms with E-state index in [0.717, 1.165) is 21.6 Å². The van der Waals surface area contributed by atoms with Crippen molar-refractivity contribution in [1.82, 2.24) is 4.90 Å². The Labute approximate surface area is 201 Å². The van der Waals surface area contributed by atoms with Gasteiger partial charge >= 0.3 is 0 Å². The molecule has 0 unspecified atom stereocenters. The minimum Gasteiger partial charge on any atom is -0.454 e. The van der Waals surface area contributed by atoms with Crippen molar-refractivity contribution in [3.8, 4) is 11.5 Å². The zero-order valence-electron chi connectivity index (χ0n) is 16.2. The third-order valence-corrected chi connectivity index (χ3v) is 7.09. The lowest BCUT2D eigenvalue weighted by atomic mass is 10.2. The number of carbonyl (C=O) groups excluding carboxylic acids is 2. The van der Waals surface area contributed by atoms with Gasteiger partial charge in [-0.3, -0.25) is 14.5 Å². The maximum Gasteiger partial charge on any atom is 0.293 e. The first-order chi connectivity index (χ1) is 15.5. The first-order valence-electron chi connectivity index (χ1n) is 9.33. The molecule has 0 radical (unpaired) electrons. The number of benzene rings is 2. The van der Waals surface area contributed by atoms with E-state index in [2.05, 4.69) is 0 Å². The fraction of sp³-hybridized carbons (Fsp3) is 0.0909. The Morgan fingerprint density at radius 1 is 1.03 bits per heavy atom. The van der Waals surface area contributed by atoms with E-state index in [1.165, 1.54) is 11.8 Å². The zero-order valence-corrected chi connectivity index (χ0v) is 19.3. The van der Waals surface area contributed by atoms with E-state index in [1.54, 1.807) is 36.4 Å². The summed E-state index contributed by atoms with van der Waals surface area (Å²) in [6, 6.07) is 14.2. The van der Waals surface area contributed by atoms with Gasteiger partial charge in [0.1, 0.15) is 5.76 Å². The van der Waals surface area contributed by atoms with Gasteiger partial charge in [-0.25, -0.2) is 0 Å². The molecule has 32 heavy (non-hydrogen) atoms. The molecule has 2 amide bonds. The lowest BCUT2D eigenvalue weighted by molar-refractivity contribution is -0.123. The SMILES string of the molecule is O=C1SC(=Cc2ccc(Sc3ccc(Cl)cc3)o2)C(=O)N1Cc1cc2c(cc1Cl)OCO2. The summed E-state index contributed by atoms with van der Waals surface area (Å²) in [5.74, 6) is 1.15. The summed E-state index contributed by atoms with van der Waals surface area (Å²) < 4.78 is 16.4. The molecule has 1 fully saturated rings. The quantitative estimate of drug-likeness (QED) is 0.357. The monoisotopic (exact) mass is 505 g/mol. The normalized spacial score (nSPS) is 16.4. The second kappa shape index (κ2) is 8.78. The zero-order chi connectivity index (χ0) is 22.2. The molecule has 0 bridgehead atoms. The van der Waals surface area contributed by atoms with E-state index in [4.69, 9.17) is 37.1 Å². The molecular weight excluding hydrogens is 493 g/mol. The van der Waals surface area contributed by atoms with Crippen LogP contribution >= 0.6 is 46.7 Å². The molecule has 0 saturated carbocycles. The van der Waals surface area contributed by atoms with Crippen molar-refractivity contribution < 1.29 is 23.5 Å². The van der Waals surface area contributed by atoms with Crippen molar-refractivity contribution in [1.29, 1.82) is 0 Å². The summed E-state index contributed by atoms with van der Waals surface area (Å²) in [5, 5.41) is 1.33. The van der Waals surface area contributed by atoms with Gasteiger partial charge in [0.05, 0.1) is 11.4 Å². The predicted octanol–water partition coefficient (Wildman–Crippen LogP) is 6.70. The lowest BCUT2D eigenvalue weighted by Gasteiger charge is -2.14. The standard InChI is InChI=1S/C22H13Cl2NO5S2/c23-13-1-4-15(5-2-13)31-20-6-3-14(30-20)8-19-21(26)25(22(27)32-19)10-12-7-17-18(9-16(12)24)29-11-28-17/h1-9H,10-11H2. The summed E-state index contributed by atoms with van der Waals surface area (Å²) in [4.78, 5) is 27.7. The third kappa shape index (κ3) is 4.36. The second-order valence-corrected chi connectivity index (χ2v) is 9.69. The van der Waals surface area contributed by atoms with E-state index in [-0.39, 0.29) is 23.5 Å². The molecule has 1 saturated heterocycles. The summed E-state index contributed by atoms with van der Waals surface area (Å²) in [5.41, 5.74) is 0.596. The largest absolute Gasteiger partial charge is 0.454 e. The molecule has 0 aliphatic carbocycles. The van der Waals surface area contributed by atoms with E-state index in [0.29, 0.717) is 38.0 Å². The van der Waals surface area contributed by atoms with E-state index in [9.17, 15) is 9.59 Å². The Morgan fingerprint density at radius 2 is 1.78 bits per heavy atom. The predicted molar refractivity (Wildman–Crippen MR) is 123 cm³/mol. The Hall–Kier alpha value is -2.52. The van der Waals surface area contributed by atoms with Gasteiger partial charge in [0.2, 0.25) is 6.79 Å². The number of thioether (sulfide) groups is 1. The maximum atomic E-state index is 12.9. The van der Waals surface area contributed by atoms with Crippen LogP contribution in [0.5, 0.6) is 11.5 Å². The third-order valence-electron chi connectivity index (χ3n) is 4.65. The minimum absolute atomic E-state index is 0.0350. The number of rotatable bonds is 5. The smallest absolute Gasteiger partial charge is 0.293 e. The van der Waals surface area contributed by atoms with Crippen molar-refractivity contribution in [2.24, 2.45) is 0 Å². The Morgan fingerprint density at radius 3 is 2.56 bits per heavy atom. The number of nitrogens with zero attached hydrogens (tertiary/aromatic N) is 1. The first kappa shape index (κ1) is 21.3. The van der Waals surface area contributed by atoms with Gasteiger partial charge in [-0.1, -0.05) is 35.0 Å². The lowest BCUT2D eigenvalue weighted by Crippen LogP contribution is -2.27. The molecule has 2 aliphatic rings. The highest BCUT2D eigenvalue weighted by Crippen LogP contribution is 2.40. The van der Waals surface area contributed by atoms with Crippen LogP contribution < -0.4 is 9.47 Å². The molecule has 1 aromatic heterocycles. The fourth-order valence-corrected chi connectivity index (χ4v) is 5.04. The fourth-order valence-electron chi connectivity index (χ4n) is 3.10. The highest BCUT2D eigenvalue weighted by atomic mass is 35.5. The number of fused-ring (bicyclic) bond motifs is 1. The van der Waals surface area contributed by atoms with Crippen molar-refractivity contribution >= 4 is 63.9 Å². The van der Waals surface area contributed by atoms with Crippen molar-refractivity contribution in [3.05, 3.63) is 74.8 Å². The van der Waals surface area contributed by atoms with E-state index < -0.39 is 5.91 Å². The molecule has 2 aliphatic heterocycles. The number of halogens is 2. The van der Waals surface area contributed by atoms with Gasteiger partial charge in [-0.05, 0) is 59.8 Å². The average molecular weight is 506 g/mol. The maximum absolute atomic E-state index is 12.9. The second-order valence-electron chi connectivity index (χ2n) is 6.78. The van der Waals surface area contributed by atoms with Gasteiger partial charge in [0, 0.05) is 27.1 Å². The number of imide groups is 1. The van der Waals surface area contributed by atoms with Gasteiger partial charge in [0.15, 0.2) is 16.6 Å². The van der Waals surface area contributed by atoms with Crippen LogP contribution in [0.2, 0.25) is 10.0 Å². The van der Waals surface area contributed by atoms with Crippen LogP contribution in [0.3, 0.4) is 0 Å². The molecule has 3 aromatic rings. The topological polar surface area (TPSA) is 69.0 Å². The van der Waals surface area contributed by atoms with Crippen LogP contribution in [-0.4, -0.2) is 22.8 Å². The van der Waals surface area contributed by atoms with E-state index in [1.807, 2.05) is 18.2 Å². The summed E-state index contributed by atoms with van der Waals surface area (Å²) in [7, 11) is 0. The first-order valence-corrected chi connectivity index (χ1v) is 11.7. The van der Waals surface area contributed by atoms with Crippen LogP contribution in [0.1, 0.15) is 11.3 Å². The van der Waals surface area contributed by atoms with Crippen molar-refractivity contribution in [2.75, 3.05) is 6.79 Å². The Kier molecular flexibility index (Phi) is 5.86. The minimum atomic E-state index is -0.406. The van der Waals surface area contributed by atoms with Gasteiger partial charge in [-0.2, -0.15) is 0 Å². The molecule has 0 atom stereocenters. The Bertz CT molecular complexity index is 1260. The number of furan rings is 1. The van der Waals surface area contributed by atoms with Gasteiger partial charge in [0.25, 0.3) is 11.1 Å². The van der Waals surface area contributed by atoms with Crippen LogP contribution in [0, 0.1) is 0 Å². The summed E-state index contributed by atoms with van der Waals surface area (Å²) in [6.45, 7) is 0.147. The number of ether oxygens (including phenoxy) is 2. The molecule has 10 heteroatoms. The summed E-state index contributed by atoms with van der Waals surface area (Å²) in [6.07, 6.45) is 1.57. The molecular formula is C22H13Cl2NO5S2. The number of carbonyl (C=O) groups is 2. The number of hydrogen-bond donors (Lipinski definition) is 0. The number of amides is 2. The molecule has 0 N–H and O–H groups in total. The number of hydrogen-bond acceptors (Lipinski definition) is 7. The molecule has 0 spiro atoms.